The fraction of sp³-hybridized carbons (Fsp3) is 0.0588. The molecule has 53 heavy (non-hydrogen) atoms. The third-order valence-electron chi connectivity index (χ3n) is 11.6. The van der Waals surface area contributed by atoms with Crippen LogP contribution in [0, 0.1) is 0 Å². The highest BCUT2D eigenvalue weighted by Crippen LogP contribution is 2.51. The molecule has 250 valence electrons. The Kier molecular flexibility index (Phi) is 6.33. The minimum absolute atomic E-state index is 0.0978. The first-order valence-electron chi connectivity index (χ1n) is 18.4. The molecule has 0 atom stereocenters. The van der Waals surface area contributed by atoms with E-state index in [0.717, 1.165) is 44.6 Å². The van der Waals surface area contributed by atoms with Crippen molar-refractivity contribution in [3.05, 3.63) is 187 Å². The van der Waals surface area contributed by atoms with Gasteiger partial charge in [-0.2, -0.15) is 0 Å². The van der Waals surface area contributed by atoms with E-state index in [1.807, 2.05) is 0 Å². The Labute approximate surface area is 308 Å². The molecule has 1 aliphatic carbocycles. The van der Waals surface area contributed by atoms with Gasteiger partial charge in [-0.05, 0) is 115 Å². The molecule has 0 aliphatic heterocycles. The zero-order chi connectivity index (χ0) is 35.3. The molecular formula is C51H35NO. The van der Waals surface area contributed by atoms with E-state index in [9.17, 15) is 0 Å². The average Bonchev–Trinajstić information content (AvgIpc) is 3.68. The largest absolute Gasteiger partial charge is 0.455 e. The predicted molar refractivity (Wildman–Crippen MR) is 224 cm³/mol. The highest BCUT2D eigenvalue weighted by molar-refractivity contribution is 6.23. The van der Waals surface area contributed by atoms with Crippen molar-refractivity contribution in [3.63, 3.8) is 0 Å². The van der Waals surface area contributed by atoms with Gasteiger partial charge in [-0.25, -0.2) is 0 Å². The quantitative estimate of drug-likeness (QED) is 0.172. The Morgan fingerprint density at radius 2 is 1.02 bits per heavy atom. The maximum atomic E-state index is 6.96. The summed E-state index contributed by atoms with van der Waals surface area (Å²) in [5, 5.41) is 9.56. The summed E-state index contributed by atoms with van der Waals surface area (Å²) in [6, 6.07) is 64.1. The molecule has 9 aromatic carbocycles. The van der Waals surface area contributed by atoms with Crippen LogP contribution in [0.25, 0.3) is 76.5 Å². The molecule has 1 aliphatic rings. The van der Waals surface area contributed by atoms with Crippen molar-refractivity contribution in [1.82, 2.24) is 0 Å². The molecule has 0 saturated heterocycles. The van der Waals surface area contributed by atoms with Crippen molar-refractivity contribution in [2.75, 3.05) is 4.90 Å². The fourth-order valence-electron chi connectivity index (χ4n) is 9.09. The summed E-state index contributed by atoms with van der Waals surface area (Å²) < 4.78 is 6.96. The topological polar surface area (TPSA) is 16.4 Å². The van der Waals surface area contributed by atoms with Crippen molar-refractivity contribution in [2.45, 2.75) is 19.3 Å². The molecule has 0 fully saturated rings. The van der Waals surface area contributed by atoms with Gasteiger partial charge in [0.2, 0.25) is 0 Å². The van der Waals surface area contributed by atoms with E-state index in [2.05, 4.69) is 195 Å². The van der Waals surface area contributed by atoms with E-state index in [4.69, 9.17) is 4.42 Å². The van der Waals surface area contributed by atoms with E-state index >= 15 is 0 Å². The van der Waals surface area contributed by atoms with Crippen LogP contribution in [0.4, 0.5) is 17.1 Å². The number of benzene rings is 9. The molecule has 10 aromatic rings. The lowest BCUT2D eigenvalue weighted by atomic mass is 9.82. The van der Waals surface area contributed by atoms with E-state index in [1.165, 1.54) is 60.1 Å². The predicted octanol–water partition coefficient (Wildman–Crippen LogP) is 14.5. The van der Waals surface area contributed by atoms with Gasteiger partial charge < -0.3 is 9.32 Å². The van der Waals surface area contributed by atoms with Gasteiger partial charge in [0.05, 0.1) is 0 Å². The molecular weight excluding hydrogens is 643 g/mol. The third-order valence-corrected chi connectivity index (χ3v) is 11.6. The van der Waals surface area contributed by atoms with Gasteiger partial charge in [0.15, 0.2) is 0 Å². The van der Waals surface area contributed by atoms with Crippen molar-refractivity contribution < 1.29 is 4.42 Å². The van der Waals surface area contributed by atoms with Crippen LogP contribution in [0.1, 0.15) is 25.0 Å². The van der Waals surface area contributed by atoms with Crippen molar-refractivity contribution in [2.24, 2.45) is 0 Å². The minimum Gasteiger partial charge on any atom is -0.455 e. The summed E-state index contributed by atoms with van der Waals surface area (Å²) in [5.41, 5.74) is 12.7. The Morgan fingerprint density at radius 3 is 1.85 bits per heavy atom. The molecule has 2 nitrogen and oxygen atoms in total. The first kappa shape index (κ1) is 30.0. The van der Waals surface area contributed by atoms with E-state index in [-0.39, 0.29) is 5.41 Å². The molecule has 0 saturated carbocycles. The normalized spacial score (nSPS) is 13.2. The standard InChI is InChI=1S/C51H35NO/c1-51(2)46-23-13-12-22-41(46)42-26-24-36(31-47(42)51)52(34-16-4-3-5-17-34)35-25-27-48-43(30-35)45-29-33-15-7-9-19-38(33)49(50(45)53-48)44-28-32-14-6-8-18-37(32)39-20-10-11-21-40(39)44/h3-31H,1-2H3. The number of nitrogens with zero attached hydrogens (tertiary/aromatic N) is 1. The lowest BCUT2D eigenvalue weighted by Gasteiger charge is -2.28. The van der Waals surface area contributed by atoms with Gasteiger partial charge in [-0.1, -0.05) is 135 Å². The second-order valence-electron chi connectivity index (χ2n) is 14.9. The van der Waals surface area contributed by atoms with Crippen LogP contribution in [-0.4, -0.2) is 0 Å². The summed E-state index contributed by atoms with van der Waals surface area (Å²) >= 11 is 0. The molecule has 0 spiro atoms. The molecule has 0 bridgehead atoms. The van der Waals surface area contributed by atoms with Gasteiger partial charge in [0.25, 0.3) is 0 Å². The van der Waals surface area contributed by atoms with Crippen LogP contribution >= 0.6 is 0 Å². The highest BCUT2D eigenvalue weighted by atomic mass is 16.3. The minimum atomic E-state index is -0.0978. The van der Waals surface area contributed by atoms with Gasteiger partial charge in [-0.15, -0.1) is 0 Å². The Bertz CT molecular complexity index is 3090. The van der Waals surface area contributed by atoms with E-state index < -0.39 is 0 Å². The van der Waals surface area contributed by atoms with Gasteiger partial charge >= 0.3 is 0 Å². The summed E-state index contributed by atoms with van der Waals surface area (Å²) in [5.74, 6) is 0. The summed E-state index contributed by atoms with van der Waals surface area (Å²) in [7, 11) is 0. The molecule has 0 amide bonds. The summed E-state index contributed by atoms with van der Waals surface area (Å²) in [4.78, 5) is 2.39. The monoisotopic (exact) mass is 677 g/mol. The van der Waals surface area contributed by atoms with Crippen LogP contribution in [0.5, 0.6) is 0 Å². The van der Waals surface area contributed by atoms with Gasteiger partial charge in [0, 0.05) is 38.8 Å². The van der Waals surface area contributed by atoms with E-state index in [0.29, 0.717) is 0 Å². The van der Waals surface area contributed by atoms with Gasteiger partial charge in [0.1, 0.15) is 11.2 Å². The smallest absolute Gasteiger partial charge is 0.143 e. The zero-order valence-electron chi connectivity index (χ0n) is 29.6. The van der Waals surface area contributed by atoms with Crippen LogP contribution in [0.3, 0.4) is 0 Å². The molecule has 1 heterocycles. The Hall–Kier alpha value is -6.64. The number of furan rings is 1. The maximum Gasteiger partial charge on any atom is 0.143 e. The number of para-hydroxylation sites is 1. The molecule has 1 aromatic heterocycles. The number of rotatable bonds is 4. The van der Waals surface area contributed by atoms with Crippen molar-refractivity contribution >= 4 is 71.3 Å². The second kappa shape index (κ2) is 11.2. The maximum absolute atomic E-state index is 6.96. The fourth-order valence-corrected chi connectivity index (χ4v) is 9.09. The van der Waals surface area contributed by atoms with E-state index in [1.54, 1.807) is 0 Å². The molecule has 11 rings (SSSR count). The Morgan fingerprint density at radius 1 is 0.396 bits per heavy atom. The lowest BCUT2D eigenvalue weighted by molar-refractivity contribution is 0.660. The Balaban J connectivity index is 1.16. The number of hydrogen-bond donors (Lipinski definition) is 0. The SMILES string of the molecule is CC1(C)c2ccccc2-c2ccc(N(c3ccccc3)c3ccc4oc5c(-c6cc7ccccc7c7ccccc67)c6ccccc6cc5c4c3)cc21. The third kappa shape index (κ3) is 4.39. The highest BCUT2D eigenvalue weighted by Gasteiger charge is 2.35. The average molecular weight is 678 g/mol. The first-order valence-corrected chi connectivity index (χ1v) is 18.4. The van der Waals surface area contributed by atoms with Crippen LogP contribution in [-0.2, 0) is 5.41 Å². The van der Waals surface area contributed by atoms with Crippen LogP contribution < -0.4 is 4.90 Å². The first-order chi connectivity index (χ1) is 26.0. The molecule has 0 unspecified atom stereocenters. The van der Waals surface area contributed by atoms with Gasteiger partial charge in [-0.3, -0.25) is 0 Å². The van der Waals surface area contributed by atoms with Crippen LogP contribution in [0.2, 0.25) is 0 Å². The number of fused-ring (bicyclic) bond motifs is 10. The molecule has 2 heteroatoms. The number of hydrogen-bond acceptors (Lipinski definition) is 2. The van der Waals surface area contributed by atoms with Crippen molar-refractivity contribution in [1.29, 1.82) is 0 Å². The van der Waals surface area contributed by atoms with Crippen LogP contribution in [0.15, 0.2) is 180 Å². The molecule has 0 N–H and O–H groups in total. The summed E-state index contributed by atoms with van der Waals surface area (Å²) in [6.07, 6.45) is 0. The number of anilines is 3. The second-order valence-corrected chi connectivity index (χ2v) is 14.9. The molecule has 0 radical (unpaired) electrons. The lowest BCUT2D eigenvalue weighted by Crippen LogP contribution is -2.16. The zero-order valence-corrected chi connectivity index (χ0v) is 29.6. The summed E-state index contributed by atoms with van der Waals surface area (Å²) in [6.45, 7) is 4.69. The van der Waals surface area contributed by atoms with Crippen molar-refractivity contribution in [3.8, 4) is 22.3 Å².